The average Bonchev–Trinajstić information content (AvgIpc) is 2.38. The van der Waals surface area contributed by atoms with Crippen LogP contribution in [0.1, 0.15) is 32.3 Å². The van der Waals surface area contributed by atoms with Gasteiger partial charge in [0.2, 0.25) is 10.0 Å². The van der Waals surface area contributed by atoms with Gasteiger partial charge in [-0.15, -0.1) is 11.6 Å². The molecule has 0 atom stereocenters. The van der Waals surface area contributed by atoms with Crippen molar-refractivity contribution in [3.63, 3.8) is 0 Å². The van der Waals surface area contributed by atoms with Gasteiger partial charge in [0, 0.05) is 21.4 Å². The van der Waals surface area contributed by atoms with Crippen LogP contribution in [0.4, 0.5) is 0 Å². The van der Waals surface area contributed by atoms with E-state index in [1.165, 1.54) is 0 Å². The number of halogens is 3. The second-order valence-corrected chi connectivity index (χ2v) is 9.64. The van der Waals surface area contributed by atoms with Crippen molar-refractivity contribution in [1.29, 1.82) is 0 Å². The van der Waals surface area contributed by atoms with E-state index in [2.05, 4.69) is 36.6 Å². The summed E-state index contributed by atoms with van der Waals surface area (Å²) >= 11 is 12.4. The fourth-order valence-corrected chi connectivity index (χ4v) is 4.89. The van der Waals surface area contributed by atoms with Gasteiger partial charge in [-0.25, -0.2) is 13.1 Å². The van der Waals surface area contributed by atoms with E-state index >= 15 is 0 Å². The molecule has 1 aromatic carbocycles. The van der Waals surface area contributed by atoms with E-state index in [1.54, 1.807) is 12.1 Å². The van der Waals surface area contributed by atoms with Crippen molar-refractivity contribution >= 4 is 53.5 Å². The molecule has 0 saturated heterocycles. The lowest BCUT2D eigenvalue weighted by Gasteiger charge is -2.24. The number of benzene rings is 1. The van der Waals surface area contributed by atoms with E-state index in [0.29, 0.717) is 16.9 Å². The normalized spacial score (nSPS) is 12.7. The maximum absolute atomic E-state index is 12.4. The van der Waals surface area contributed by atoms with Crippen molar-refractivity contribution in [2.75, 3.05) is 12.4 Å². The van der Waals surface area contributed by atoms with Crippen LogP contribution in [0.2, 0.25) is 0 Å². The first kappa shape index (κ1) is 19.4. The Kier molecular flexibility index (Phi) is 7.19. The fraction of sp³-hybridized carbons (Fsp3) is 0.571. The summed E-state index contributed by atoms with van der Waals surface area (Å²) in [7, 11) is -3.55. The average molecular weight is 462 g/mol. The van der Waals surface area contributed by atoms with Gasteiger partial charge >= 0.3 is 0 Å². The highest BCUT2D eigenvalue weighted by Crippen LogP contribution is 2.29. The molecule has 1 rings (SSSR count). The topological polar surface area (TPSA) is 46.2 Å². The summed E-state index contributed by atoms with van der Waals surface area (Å²) in [5.41, 5.74) is 0.847. The summed E-state index contributed by atoms with van der Waals surface area (Å²) in [5, 5.41) is 0. The Hall–Kier alpha value is 0.380. The maximum Gasteiger partial charge on any atom is 0.241 e. The molecule has 0 radical (unpaired) electrons. The second-order valence-electron chi connectivity index (χ2n) is 5.81. The number of rotatable bonds is 7. The lowest BCUT2D eigenvalue weighted by Crippen LogP contribution is -2.34. The minimum absolute atomic E-state index is 0.129. The van der Waals surface area contributed by atoms with Crippen LogP contribution in [0.3, 0.4) is 0 Å². The highest BCUT2D eigenvalue weighted by Gasteiger charge is 2.24. The smallest absolute Gasteiger partial charge is 0.211 e. The summed E-state index contributed by atoms with van der Waals surface area (Å²) < 4.78 is 28.9. The van der Waals surface area contributed by atoms with Crippen LogP contribution in [-0.4, -0.2) is 20.8 Å². The monoisotopic (exact) mass is 459 g/mol. The molecular weight excluding hydrogens is 441 g/mol. The Labute approximate surface area is 149 Å². The number of hydrogen-bond donors (Lipinski definition) is 1. The number of sulfonamides is 1. The SMILES string of the molecule is Cc1cc(Br)c(S(=O)(=O)NCC(C)(C)CCCCl)cc1Br. The van der Waals surface area contributed by atoms with Crippen LogP contribution in [0.15, 0.2) is 26.0 Å². The zero-order valence-electron chi connectivity index (χ0n) is 12.3. The van der Waals surface area contributed by atoms with Crippen LogP contribution in [0.25, 0.3) is 0 Å². The van der Waals surface area contributed by atoms with Crippen LogP contribution >= 0.6 is 43.5 Å². The number of alkyl halides is 1. The summed E-state index contributed by atoms with van der Waals surface area (Å²) in [5.74, 6) is 0.590. The van der Waals surface area contributed by atoms with Gasteiger partial charge < -0.3 is 0 Å². The van der Waals surface area contributed by atoms with Crippen molar-refractivity contribution in [1.82, 2.24) is 4.72 Å². The molecule has 7 heteroatoms. The van der Waals surface area contributed by atoms with Crippen molar-refractivity contribution in [2.45, 2.75) is 38.5 Å². The number of hydrogen-bond acceptors (Lipinski definition) is 2. The van der Waals surface area contributed by atoms with Crippen LogP contribution in [0, 0.1) is 12.3 Å². The first-order valence-corrected chi connectivity index (χ1v) is 10.2. The highest BCUT2D eigenvalue weighted by atomic mass is 79.9. The third-order valence-corrected chi connectivity index (χ3v) is 6.71. The predicted octanol–water partition coefficient (Wildman–Crippen LogP) is 4.84. The zero-order chi connectivity index (χ0) is 16.3. The summed E-state index contributed by atoms with van der Waals surface area (Å²) in [6, 6.07) is 3.41. The quantitative estimate of drug-likeness (QED) is 0.591. The Morgan fingerprint density at radius 3 is 2.43 bits per heavy atom. The molecule has 3 nitrogen and oxygen atoms in total. The first-order chi connectivity index (χ1) is 9.59. The molecule has 120 valence electrons. The van der Waals surface area contributed by atoms with Crippen LogP contribution in [-0.2, 0) is 10.0 Å². The summed E-state index contributed by atoms with van der Waals surface area (Å²) in [6.45, 7) is 6.35. The minimum atomic E-state index is -3.55. The molecule has 0 spiro atoms. The van der Waals surface area contributed by atoms with Crippen LogP contribution in [0.5, 0.6) is 0 Å². The Morgan fingerprint density at radius 2 is 1.86 bits per heavy atom. The van der Waals surface area contributed by atoms with E-state index in [0.717, 1.165) is 22.9 Å². The van der Waals surface area contributed by atoms with E-state index in [1.807, 2.05) is 20.8 Å². The van der Waals surface area contributed by atoms with E-state index < -0.39 is 10.0 Å². The molecule has 0 unspecified atom stereocenters. The summed E-state index contributed by atoms with van der Waals surface area (Å²) in [6.07, 6.45) is 1.74. The van der Waals surface area contributed by atoms with Gasteiger partial charge in [0.05, 0.1) is 4.90 Å². The Morgan fingerprint density at radius 1 is 1.24 bits per heavy atom. The van der Waals surface area contributed by atoms with Gasteiger partial charge in [0.15, 0.2) is 0 Å². The van der Waals surface area contributed by atoms with Gasteiger partial charge in [-0.3, -0.25) is 0 Å². The molecule has 0 aliphatic carbocycles. The lowest BCUT2D eigenvalue weighted by atomic mass is 9.88. The minimum Gasteiger partial charge on any atom is -0.211 e. The zero-order valence-corrected chi connectivity index (χ0v) is 17.1. The van der Waals surface area contributed by atoms with Gasteiger partial charge in [-0.2, -0.15) is 0 Å². The summed E-state index contributed by atoms with van der Waals surface area (Å²) in [4.78, 5) is 0.244. The molecule has 0 aliphatic heterocycles. The lowest BCUT2D eigenvalue weighted by molar-refractivity contribution is 0.331. The van der Waals surface area contributed by atoms with Crippen molar-refractivity contribution in [3.05, 3.63) is 26.6 Å². The maximum atomic E-state index is 12.4. The Bertz CT molecular complexity index is 603. The van der Waals surface area contributed by atoms with Gasteiger partial charge in [0.25, 0.3) is 0 Å². The van der Waals surface area contributed by atoms with Gasteiger partial charge in [-0.05, 0) is 58.8 Å². The van der Waals surface area contributed by atoms with Crippen molar-refractivity contribution in [2.24, 2.45) is 5.41 Å². The fourth-order valence-electron chi connectivity index (χ4n) is 1.84. The molecule has 0 aromatic heterocycles. The Balaban J connectivity index is 2.90. The largest absolute Gasteiger partial charge is 0.241 e. The molecule has 0 saturated carbocycles. The second kappa shape index (κ2) is 7.77. The first-order valence-electron chi connectivity index (χ1n) is 6.60. The van der Waals surface area contributed by atoms with Gasteiger partial charge in [0.1, 0.15) is 0 Å². The van der Waals surface area contributed by atoms with Gasteiger partial charge in [-0.1, -0.05) is 29.8 Å². The molecule has 1 N–H and O–H groups in total. The number of aryl methyl sites for hydroxylation is 1. The van der Waals surface area contributed by atoms with Crippen LogP contribution < -0.4 is 4.72 Å². The van der Waals surface area contributed by atoms with E-state index in [9.17, 15) is 8.42 Å². The predicted molar refractivity (Wildman–Crippen MR) is 95.5 cm³/mol. The molecule has 21 heavy (non-hydrogen) atoms. The molecule has 0 heterocycles. The molecular formula is C14H20Br2ClNO2S. The highest BCUT2D eigenvalue weighted by molar-refractivity contribution is 9.11. The third-order valence-electron chi connectivity index (χ3n) is 3.23. The van der Waals surface area contributed by atoms with E-state index in [-0.39, 0.29) is 10.3 Å². The molecule has 0 bridgehead atoms. The third kappa shape index (κ3) is 5.82. The standard InChI is InChI=1S/C14H20Br2ClNO2S/c1-10-7-12(16)13(8-11(10)15)21(19,20)18-9-14(2,3)5-4-6-17/h7-8,18H,4-6,9H2,1-3H3. The van der Waals surface area contributed by atoms with Crippen molar-refractivity contribution < 1.29 is 8.42 Å². The molecule has 0 aliphatic rings. The molecule has 0 amide bonds. The van der Waals surface area contributed by atoms with E-state index in [4.69, 9.17) is 11.6 Å². The molecule has 1 aromatic rings. The number of nitrogens with one attached hydrogen (secondary N) is 1. The van der Waals surface area contributed by atoms with Crippen molar-refractivity contribution in [3.8, 4) is 0 Å². The molecule has 0 fully saturated rings.